The molecule has 1 aliphatic rings. The zero-order valence-electron chi connectivity index (χ0n) is 13.7. The molecule has 2 aromatic rings. The van der Waals surface area contributed by atoms with Crippen molar-refractivity contribution in [3.63, 3.8) is 0 Å². The first kappa shape index (κ1) is 16.7. The number of hydrogen-bond acceptors (Lipinski definition) is 5. The van der Waals surface area contributed by atoms with E-state index in [0.717, 1.165) is 33.1 Å². The maximum atomic E-state index is 5.52. The van der Waals surface area contributed by atoms with E-state index < -0.39 is 0 Å². The summed E-state index contributed by atoms with van der Waals surface area (Å²) in [6.07, 6.45) is 6.92. The molecular formula is C18H23NO2S2. The van der Waals surface area contributed by atoms with E-state index in [1.165, 1.54) is 37.8 Å². The Labute approximate surface area is 146 Å². The Bertz CT molecular complexity index is 636. The fraction of sp³-hybridized carbons (Fsp3) is 0.500. The second kappa shape index (κ2) is 8.06. The van der Waals surface area contributed by atoms with Gasteiger partial charge in [-0.25, -0.2) is 4.98 Å². The molecule has 1 saturated carbocycles. The van der Waals surface area contributed by atoms with E-state index in [1.807, 2.05) is 18.2 Å². The molecule has 0 bridgehead atoms. The first-order valence-electron chi connectivity index (χ1n) is 8.09. The lowest BCUT2D eigenvalue weighted by molar-refractivity contribution is 0.356. The first-order valence-corrected chi connectivity index (χ1v) is 10.0. The van der Waals surface area contributed by atoms with Gasteiger partial charge in [-0.05, 0) is 25.0 Å². The number of nitrogens with zero attached hydrogens (tertiary/aromatic N) is 1. The van der Waals surface area contributed by atoms with E-state index in [0.29, 0.717) is 0 Å². The Morgan fingerprint density at radius 2 is 2.00 bits per heavy atom. The van der Waals surface area contributed by atoms with Gasteiger partial charge in [0.05, 0.1) is 25.5 Å². The molecule has 0 atom stereocenters. The summed E-state index contributed by atoms with van der Waals surface area (Å²) in [5.74, 6) is 2.52. The van der Waals surface area contributed by atoms with Crippen molar-refractivity contribution in [2.24, 2.45) is 0 Å². The van der Waals surface area contributed by atoms with Crippen LogP contribution in [0.15, 0.2) is 23.6 Å². The van der Waals surface area contributed by atoms with Crippen LogP contribution in [0.3, 0.4) is 0 Å². The van der Waals surface area contributed by atoms with Crippen LogP contribution in [-0.4, -0.2) is 24.5 Å². The van der Waals surface area contributed by atoms with Crippen LogP contribution in [0.25, 0.3) is 10.6 Å². The van der Waals surface area contributed by atoms with Crippen molar-refractivity contribution in [1.29, 1.82) is 0 Å². The lowest BCUT2D eigenvalue weighted by atomic mass is 10.0. The van der Waals surface area contributed by atoms with E-state index in [1.54, 1.807) is 25.6 Å². The quantitative estimate of drug-likeness (QED) is 0.699. The van der Waals surface area contributed by atoms with E-state index >= 15 is 0 Å². The summed E-state index contributed by atoms with van der Waals surface area (Å²) in [4.78, 5) is 4.81. The number of methoxy groups -OCH3 is 2. The van der Waals surface area contributed by atoms with Crippen LogP contribution < -0.4 is 9.47 Å². The highest BCUT2D eigenvalue weighted by atomic mass is 32.2. The molecule has 1 aromatic heterocycles. The van der Waals surface area contributed by atoms with Gasteiger partial charge in [0.2, 0.25) is 0 Å². The Morgan fingerprint density at radius 1 is 1.17 bits per heavy atom. The third kappa shape index (κ3) is 4.01. The van der Waals surface area contributed by atoms with Crippen LogP contribution in [0.1, 0.15) is 37.8 Å². The smallest absolute Gasteiger partial charge is 0.170 e. The minimum Gasteiger partial charge on any atom is -0.493 e. The lowest BCUT2D eigenvalue weighted by Gasteiger charge is -2.20. The minimum absolute atomic E-state index is 0.748. The van der Waals surface area contributed by atoms with Gasteiger partial charge in [-0.1, -0.05) is 25.3 Å². The number of para-hydroxylation sites is 1. The highest BCUT2D eigenvalue weighted by Gasteiger charge is 2.17. The summed E-state index contributed by atoms with van der Waals surface area (Å²) in [7, 11) is 3.34. The topological polar surface area (TPSA) is 31.4 Å². The zero-order chi connectivity index (χ0) is 16.1. The molecule has 0 N–H and O–H groups in total. The van der Waals surface area contributed by atoms with Gasteiger partial charge in [-0.15, -0.1) is 11.3 Å². The van der Waals surface area contributed by atoms with Crippen LogP contribution in [0.5, 0.6) is 11.5 Å². The van der Waals surface area contributed by atoms with Crippen molar-refractivity contribution >= 4 is 23.1 Å². The van der Waals surface area contributed by atoms with Crippen molar-refractivity contribution in [1.82, 2.24) is 4.98 Å². The molecule has 1 heterocycles. The lowest BCUT2D eigenvalue weighted by Crippen LogP contribution is -2.08. The molecule has 5 heteroatoms. The van der Waals surface area contributed by atoms with Gasteiger partial charge in [0.25, 0.3) is 0 Å². The van der Waals surface area contributed by atoms with Crippen molar-refractivity contribution in [2.75, 3.05) is 14.2 Å². The van der Waals surface area contributed by atoms with E-state index in [2.05, 4.69) is 17.1 Å². The molecule has 3 rings (SSSR count). The predicted octanol–water partition coefficient (Wildman–Crippen LogP) is 5.39. The molecule has 3 nitrogen and oxygen atoms in total. The molecule has 23 heavy (non-hydrogen) atoms. The second-order valence-electron chi connectivity index (χ2n) is 5.76. The number of thioether (sulfide) groups is 1. The Kier molecular flexibility index (Phi) is 5.84. The summed E-state index contributed by atoms with van der Waals surface area (Å²) in [5, 5.41) is 3.99. The van der Waals surface area contributed by atoms with E-state index in [4.69, 9.17) is 14.5 Å². The van der Waals surface area contributed by atoms with Crippen LogP contribution in [0.4, 0.5) is 0 Å². The van der Waals surface area contributed by atoms with Crippen LogP contribution in [-0.2, 0) is 5.75 Å². The van der Waals surface area contributed by atoms with E-state index in [9.17, 15) is 0 Å². The van der Waals surface area contributed by atoms with Gasteiger partial charge >= 0.3 is 0 Å². The molecule has 0 radical (unpaired) electrons. The molecule has 0 unspecified atom stereocenters. The Hall–Kier alpha value is -1.20. The number of ether oxygens (including phenoxy) is 2. The predicted molar refractivity (Wildman–Crippen MR) is 98.8 cm³/mol. The van der Waals surface area contributed by atoms with Gasteiger partial charge in [-0.3, -0.25) is 0 Å². The Morgan fingerprint density at radius 3 is 2.74 bits per heavy atom. The fourth-order valence-electron chi connectivity index (χ4n) is 2.99. The van der Waals surface area contributed by atoms with Crippen molar-refractivity contribution < 1.29 is 9.47 Å². The average molecular weight is 350 g/mol. The summed E-state index contributed by atoms with van der Waals surface area (Å²) in [6, 6.07) is 5.93. The summed E-state index contributed by atoms with van der Waals surface area (Å²) in [6.45, 7) is 0. The maximum Gasteiger partial charge on any atom is 0.170 e. The number of benzene rings is 1. The van der Waals surface area contributed by atoms with Gasteiger partial charge < -0.3 is 9.47 Å². The Balaban J connectivity index is 1.71. The van der Waals surface area contributed by atoms with Crippen molar-refractivity contribution in [2.45, 2.75) is 43.1 Å². The fourth-order valence-corrected chi connectivity index (χ4v) is 5.16. The molecule has 0 amide bonds. The van der Waals surface area contributed by atoms with Gasteiger partial charge in [0.15, 0.2) is 11.5 Å². The van der Waals surface area contributed by atoms with Gasteiger partial charge in [0, 0.05) is 16.4 Å². The summed E-state index contributed by atoms with van der Waals surface area (Å²) in [5.41, 5.74) is 2.18. The van der Waals surface area contributed by atoms with Crippen molar-refractivity contribution in [3.05, 3.63) is 29.3 Å². The highest BCUT2D eigenvalue weighted by Crippen LogP contribution is 2.39. The number of aromatic nitrogens is 1. The zero-order valence-corrected chi connectivity index (χ0v) is 15.3. The molecule has 0 spiro atoms. The van der Waals surface area contributed by atoms with Gasteiger partial charge in [0.1, 0.15) is 5.01 Å². The van der Waals surface area contributed by atoms with Crippen LogP contribution >= 0.6 is 23.1 Å². The minimum atomic E-state index is 0.748. The normalized spacial score (nSPS) is 15.6. The average Bonchev–Trinajstić information content (AvgIpc) is 3.09. The standard InChI is InChI=1S/C18H23NO2S2/c1-20-16-10-6-9-15(17(16)21-2)18-19-13(12-23-18)11-22-14-7-4-3-5-8-14/h6,9-10,12,14H,3-5,7-8,11H2,1-2H3. The molecule has 0 aliphatic heterocycles. The largest absolute Gasteiger partial charge is 0.493 e. The summed E-state index contributed by atoms with van der Waals surface area (Å²) >= 11 is 3.74. The molecule has 1 aromatic carbocycles. The number of thiazole rings is 1. The van der Waals surface area contributed by atoms with Crippen LogP contribution in [0.2, 0.25) is 0 Å². The second-order valence-corrected chi connectivity index (χ2v) is 7.90. The SMILES string of the molecule is COc1cccc(-c2nc(CSC3CCCCC3)cs2)c1OC. The van der Waals surface area contributed by atoms with Gasteiger partial charge in [-0.2, -0.15) is 11.8 Å². The summed E-state index contributed by atoms with van der Waals surface area (Å²) < 4.78 is 10.9. The molecule has 1 fully saturated rings. The monoisotopic (exact) mass is 349 g/mol. The molecule has 0 saturated heterocycles. The molecule has 1 aliphatic carbocycles. The maximum absolute atomic E-state index is 5.52. The molecular weight excluding hydrogens is 326 g/mol. The highest BCUT2D eigenvalue weighted by molar-refractivity contribution is 7.99. The van der Waals surface area contributed by atoms with E-state index in [-0.39, 0.29) is 0 Å². The van der Waals surface area contributed by atoms with Crippen LogP contribution in [0, 0.1) is 0 Å². The molecule has 124 valence electrons. The number of hydrogen-bond donors (Lipinski definition) is 0. The number of rotatable bonds is 6. The third-order valence-electron chi connectivity index (χ3n) is 4.20. The van der Waals surface area contributed by atoms with Crippen molar-refractivity contribution in [3.8, 4) is 22.1 Å². The first-order chi connectivity index (χ1) is 11.3. The third-order valence-corrected chi connectivity index (χ3v) is 6.53.